The Bertz CT molecular complexity index is 159. The first-order chi connectivity index (χ1) is 7.92. The Hall–Kier alpha value is -0.0800. The van der Waals surface area contributed by atoms with Crippen molar-refractivity contribution in [2.24, 2.45) is 0 Å². The first-order valence-electron chi connectivity index (χ1n) is 7.22. The van der Waals surface area contributed by atoms with Gasteiger partial charge in [0.15, 0.2) is 0 Å². The number of unbranched alkanes of at least 4 members (excludes halogenated alkanes) is 7. The highest BCUT2D eigenvalue weighted by molar-refractivity contribution is 4.60. The number of hydrogen-bond acceptors (Lipinski definition) is 1. The summed E-state index contributed by atoms with van der Waals surface area (Å²) < 4.78 is 1.11. The maximum Gasteiger partial charge on any atom is 0.0780 e. The van der Waals surface area contributed by atoms with Crippen molar-refractivity contribution >= 4 is 0 Å². The van der Waals surface area contributed by atoms with Crippen LogP contribution in [-0.2, 0) is 0 Å². The molecule has 0 unspecified atom stereocenters. The lowest BCUT2D eigenvalue weighted by molar-refractivity contribution is -0.870. The molecule has 0 spiro atoms. The van der Waals surface area contributed by atoms with Gasteiger partial charge in [0.2, 0.25) is 0 Å². The van der Waals surface area contributed by atoms with E-state index in [4.69, 9.17) is 0 Å². The van der Waals surface area contributed by atoms with Crippen molar-refractivity contribution in [2.75, 3.05) is 41.8 Å². The summed E-state index contributed by atoms with van der Waals surface area (Å²) in [6.45, 7) is 3.60. The van der Waals surface area contributed by atoms with Gasteiger partial charge in [-0.05, 0) is 33.4 Å². The second-order valence-corrected chi connectivity index (χ2v) is 6.42. The third-order valence-corrected chi connectivity index (χ3v) is 3.03. The minimum absolute atomic E-state index is 1.11. The molecule has 0 aromatic carbocycles. The molecule has 0 fully saturated rings. The average Bonchev–Trinajstić information content (AvgIpc) is 2.18. The molecule has 0 bridgehead atoms. The van der Waals surface area contributed by atoms with Gasteiger partial charge in [-0.1, -0.05) is 32.1 Å². The minimum Gasteiger partial charge on any atom is -0.331 e. The first kappa shape index (κ1) is 16.9. The van der Waals surface area contributed by atoms with Crippen LogP contribution in [0.4, 0.5) is 0 Å². The molecule has 0 saturated carbocycles. The summed E-state index contributed by atoms with van der Waals surface area (Å²) in [5.41, 5.74) is 0. The molecule has 103 valence electrons. The Kier molecular flexibility index (Phi) is 9.85. The lowest BCUT2D eigenvalue weighted by atomic mass is 10.1. The van der Waals surface area contributed by atoms with Gasteiger partial charge in [0.1, 0.15) is 0 Å². The van der Waals surface area contributed by atoms with Crippen molar-refractivity contribution < 1.29 is 4.48 Å². The van der Waals surface area contributed by atoms with E-state index in [2.05, 4.69) is 46.7 Å². The fraction of sp³-hybridized carbons (Fsp3) is 0.933. The van der Waals surface area contributed by atoms with Gasteiger partial charge in [0, 0.05) is 6.54 Å². The van der Waals surface area contributed by atoms with Crippen LogP contribution in [0.1, 0.15) is 51.4 Å². The molecule has 0 aromatic rings. The molecule has 0 aliphatic rings. The predicted molar refractivity (Wildman–Crippen MR) is 77.8 cm³/mol. The number of hydrogen-bond donors (Lipinski definition) is 0. The summed E-state index contributed by atoms with van der Waals surface area (Å²) in [5, 5.41) is 0. The molecule has 0 aliphatic carbocycles. The second kappa shape index (κ2) is 9.90. The highest BCUT2D eigenvalue weighted by atomic mass is 15.3. The van der Waals surface area contributed by atoms with Crippen molar-refractivity contribution in [3.63, 3.8) is 0 Å². The van der Waals surface area contributed by atoms with E-state index in [0.717, 1.165) is 4.48 Å². The molecule has 0 aliphatic heterocycles. The summed E-state index contributed by atoms with van der Waals surface area (Å²) in [5.74, 6) is 0. The third kappa shape index (κ3) is 15.9. The third-order valence-electron chi connectivity index (χ3n) is 3.03. The zero-order valence-electron chi connectivity index (χ0n) is 12.8. The zero-order valence-corrected chi connectivity index (χ0v) is 12.8. The zero-order chi connectivity index (χ0) is 13.1. The van der Waals surface area contributed by atoms with Crippen molar-refractivity contribution in [1.82, 2.24) is 4.90 Å². The van der Waals surface area contributed by atoms with E-state index in [0.29, 0.717) is 0 Å². The van der Waals surface area contributed by atoms with Crippen LogP contribution in [0, 0.1) is 6.54 Å². The molecular formula is C15H34N2+. The maximum atomic E-state index is 2.28. The highest BCUT2D eigenvalue weighted by Crippen LogP contribution is 2.10. The molecule has 0 aromatic heterocycles. The minimum atomic E-state index is 1.11. The van der Waals surface area contributed by atoms with Crippen LogP contribution in [0.5, 0.6) is 0 Å². The van der Waals surface area contributed by atoms with Gasteiger partial charge >= 0.3 is 0 Å². The van der Waals surface area contributed by atoms with Gasteiger partial charge in [-0.25, -0.2) is 0 Å². The standard InChI is InChI=1S/C15H34N2/c1-16(2)14-12-10-8-6-7-9-11-13-15-17(3,4)5/h14H,6-13,15H2,1-5H3/q+1. The maximum absolute atomic E-state index is 2.28. The van der Waals surface area contributed by atoms with Crippen molar-refractivity contribution in [1.29, 1.82) is 0 Å². The lowest BCUT2D eigenvalue weighted by Gasteiger charge is -2.23. The molecule has 0 amide bonds. The van der Waals surface area contributed by atoms with E-state index in [-0.39, 0.29) is 0 Å². The Morgan fingerprint density at radius 3 is 1.71 bits per heavy atom. The SMILES string of the molecule is CN(C)[CH]CCCCCCCCC[N+](C)(C)C. The van der Waals surface area contributed by atoms with Crippen LogP contribution in [0.2, 0.25) is 0 Å². The van der Waals surface area contributed by atoms with Crippen molar-refractivity contribution in [2.45, 2.75) is 51.4 Å². The quantitative estimate of drug-likeness (QED) is 0.396. The molecule has 1 radical (unpaired) electrons. The summed E-state index contributed by atoms with van der Waals surface area (Å²) >= 11 is 0. The highest BCUT2D eigenvalue weighted by Gasteiger charge is 2.04. The van der Waals surface area contributed by atoms with Crippen LogP contribution >= 0.6 is 0 Å². The topological polar surface area (TPSA) is 3.24 Å². The molecule has 0 atom stereocenters. The Morgan fingerprint density at radius 2 is 1.24 bits per heavy atom. The largest absolute Gasteiger partial charge is 0.331 e. The first-order valence-corrected chi connectivity index (χ1v) is 7.22. The van der Waals surface area contributed by atoms with E-state index in [1.165, 1.54) is 57.9 Å². The van der Waals surface area contributed by atoms with Gasteiger partial charge < -0.3 is 9.38 Å². The van der Waals surface area contributed by atoms with Gasteiger partial charge in [-0.3, -0.25) is 0 Å². The van der Waals surface area contributed by atoms with Crippen LogP contribution in [0.15, 0.2) is 0 Å². The van der Waals surface area contributed by atoms with E-state index in [1.54, 1.807) is 0 Å². The molecule has 0 rings (SSSR count). The molecule has 2 heteroatoms. The molecule has 2 nitrogen and oxygen atoms in total. The van der Waals surface area contributed by atoms with Crippen LogP contribution < -0.4 is 0 Å². The average molecular weight is 242 g/mol. The summed E-state index contributed by atoms with van der Waals surface area (Å²) in [6.07, 6.45) is 11.1. The number of nitrogens with zero attached hydrogens (tertiary/aromatic N) is 2. The van der Waals surface area contributed by atoms with E-state index >= 15 is 0 Å². The van der Waals surface area contributed by atoms with Crippen LogP contribution in [0.3, 0.4) is 0 Å². The molecule has 17 heavy (non-hydrogen) atoms. The van der Waals surface area contributed by atoms with Gasteiger partial charge in [-0.2, -0.15) is 0 Å². The van der Waals surface area contributed by atoms with E-state index < -0.39 is 0 Å². The van der Waals surface area contributed by atoms with Gasteiger partial charge in [0.05, 0.1) is 27.7 Å². The smallest absolute Gasteiger partial charge is 0.0780 e. The normalized spacial score (nSPS) is 12.4. The van der Waals surface area contributed by atoms with Crippen LogP contribution in [-0.4, -0.2) is 51.2 Å². The van der Waals surface area contributed by atoms with Crippen molar-refractivity contribution in [3.05, 3.63) is 6.54 Å². The number of quaternary nitrogens is 1. The predicted octanol–water partition coefficient (Wildman–Crippen LogP) is 3.54. The Morgan fingerprint density at radius 1 is 0.765 bits per heavy atom. The van der Waals surface area contributed by atoms with E-state index in [9.17, 15) is 0 Å². The molecular weight excluding hydrogens is 208 g/mol. The summed E-state index contributed by atoms with van der Waals surface area (Å²) in [7, 11) is 11.0. The Labute approximate surface area is 110 Å². The number of rotatable bonds is 11. The molecule has 0 heterocycles. The monoisotopic (exact) mass is 242 g/mol. The molecule has 0 saturated heterocycles. The fourth-order valence-electron chi connectivity index (χ4n) is 1.96. The van der Waals surface area contributed by atoms with Gasteiger partial charge in [0.25, 0.3) is 0 Å². The van der Waals surface area contributed by atoms with Crippen molar-refractivity contribution in [3.8, 4) is 0 Å². The van der Waals surface area contributed by atoms with Gasteiger partial charge in [-0.15, -0.1) is 0 Å². The summed E-state index contributed by atoms with van der Waals surface area (Å²) in [6, 6.07) is 0. The summed E-state index contributed by atoms with van der Waals surface area (Å²) in [4.78, 5) is 2.16. The lowest BCUT2D eigenvalue weighted by Crippen LogP contribution is -2.35. The fourth-order valence-corrected chi connectivity index (χ4v) is 1.96. The second-order valence-electron chi connectivity index (χ2n) is 6.42. The van der Waals surface area contributed by atoms with E-state index in [1.807, 2.05) is 0 Å². The Balaban J connectivity index is 3.04. The molecule has 0 N–H and O–H groups in total. The van der Waals surface area contributed by atoms with Crippen LogP contribution in [0.25, 0.3) is 0 Å².